The summed E-state index contributed by atoms with van der Waals surface area (Å²) in [5.74, 6) is 0.718. The summed E-state index contributed by atoms with van der Waals surface area (Å²) in [7, 11) is 0. The number of benzene rings is 2. The predicted octanol–water partition coefficient (Wildman–Crippen LogP) is 5.60. The Kier molecular flexibility index (Phi) is 5.70. The number of hydrogen-bond donors (Lipinski definition) is 4. The summed E-state index contributed by atoms with van der Waals surface area (Å²) in [6, 6.07) is 16.9. The first-order chi connectivity index (χ1) is 16.4. The van der Waals surface area contributed by atoms with E-state index < -0.39 is 6.36 Å². The van der Waals surface area contributed by atoms with Gasteiger partial charge in [-0.05, 0) is 47.7 Å². The van der Waals surface area contributed by atoms with Crippen molar-refractivity contribution in [2.75, 3.05) is 17.2 Å². The Morgan fingerprint density at radius 2 is 1.85 bits per heavy atom. The van der Waals surface area contributed by atoms with Gasteiger partial charge in [0.05, 0.1) is 0 Å². The maximum absolute atomic E-state index is 12.9. The summed E-state index contributed by atoms with van der Waals surface area (Å²) < 4.78 is 42.8. The number of para-hydroxylation sites is 1. The van der Waals surface area contributed by atoms with Gasteiger partial charge in [0.1, 0.15) is 5.82 Å². The first-order valence-electron chi connectivity index (χ1n) is 10.7. The molecule has 0 aliphatic rings. The van der Waals surface area contributed by atoms with E-state index in [1.54, 1.807) is 36.5 Å². The summed E-state index contributed by atoms with van der Waals surface area (Å²) in [6.07, 6.45) is -0.972. The summed E-state index contributed by atoms with van der Waals surface area (Å²) in [5.41, 5.74) is 3.21. The molecule has 3 aromatic heterocycles. The van der Waals surface area contributed by atoms with Gasteiger partial charge in [-0.25, -0.2) is 4.98 Å². The second-order valence-corrected chi connectivity index (χ2v) is 7.72. The van der Waals surface area contributed by atoms with E-state index in [4.69, 9.17) is 0 Å². The molecule has 7 nitrogen and oxygen atoms in total. The number of H-pyrrole nitrogens is 2. The Labute approximate surface area is 192 Å². The number of anilines is 2. The molecule has 3 heterocycles. The van der Waals surface area contributed by atoms with E-state index in [9.17, 15) is 13.2 Å². The normalized spacial score (nSPS) is 11.7. The van der Waals surface area contributed by atoms with Crippen molar-refractivity contribution in [2.24, 2.45) is 0 Å². The standard InChI is InChI=1S/C24H21F3N6O/c25-24(26,27)34-22-18(17-3-1-2-4-20(17)32-22)8-11-29-23-30-12-9-21(33-23)31-14-15-5-6-19-16(13-15)7-10-28-19/h1-7,9-10,12-13,28,32H,8,11,14H2,(H2,29,30,31,33). The Morgan fingerprint density at radius 1 is 0.971 bits per heavy atom. The first kappa shape index (κ1) is 21.6. The van der Waals surface area contributed by atoms with E-state index in [1.807, 2.05) is 24.4 Å². The van der Waals surface area contributed by atoms with Crippen LogP contribution in [0.2, 0.25) is 0 Å². The zero-order valence-electron chi connectivity index (χ0n) is 17.9. The minimum absolute atomic E-state index is 0.285. The van der Waals surface area contributed by atoms with Gasteiger partial charge in [0.2, 0.25) is 11.8 Å². The average Bonchev–Trinajstić information content (AvgIpc) is 3.41. The summed E-state index contributed by atoms with van der Waals surface area (Å²) >= 11 is 0. The van der Waals surface area contributed by atoms with Gasteiger partial charge in [0.25, 0.3) is 0 Å². The van der Waals surface area contributed by atoms with E-state index in [-0.39, 0.29) is 12.3 Å². The average molecular weight is 466 g/mol. The minimum Gasteiger partial charge on any atom is -0.390 e. The van der Waals surface area contributed by atoms with Gasteiger partial charge >= 0.3 is 6.36 Å². The number of ether oxygens (including phenoxy) is 1. The molecule has 0 unspecified atom stereocenters. The Morgan fingerprint density at radius 3 is 2.74 bits per heavy atom. The molecule has 2 aromatic carbocycles. The van der Waals surface area contributed by atoms with Crippen molar-refractivity contribution in [2.45, 2.75) is 19.3 Å². The van der Waals surface area contributed by atoms with Crippen LogP contribution in [0.3, 0.4) is 0 Å². The highest BCUT2D eigenvalue weighted by molar-refractivity contribution is 5.86. The molecule has 0 aliphatic carbocycles. The predicted molar refractivity (Wildman–Crippen MR) is 125 cm³/mol. The molecule has 0 bridgehead atoms. The minimum atomic E-state index is -4.78. The molecule has 0 fully saturated rings. The SMILES string of the molecule is FC(F)(F)Oc1[nH]c2ccccc2c1CCNc1nccc(NCc2ccc3[nH]ccc3c2)n1. The number of aromatic nitrogens is 4. The number of nitrogens with zero attached hydrogens (tertiary/aromatic N) is 2. The van der Waals surface area contributed by atoms with Crippen molar-refractivity contribution >= 4 is 33.6 Å². The lowest BCUT2D eigenvalue weighted by molar-refractivity contribution is -0.276. The molecule has 4 N–H and O–H groups in total. The van der Waals surface area contributed by atoms with Crippen molar-refractivity contribution in [1.82, 2.24) is 19.9 Å². The van der Waals surface area contributed by atoms with Crippen LogP contribution in [0, 0.1) is 0 Å². The van der Waals surface area contributed by atoms with Crippen molar-refractivity contribution in [3.8, 4) is 5.88 Å². The Balaban J connectivity index is 1.23. The van der Waals surface area contributed by atoms with Crippen molar-refractivity contribution in [1.29, 1.82) is 0 Å². The van der Waals surface area contributed by atoms with E-state index in [1.165, 1.54) is 0 Å². The van der Waals surface area contributed by atoms with Crippen LogP contribution in [0.5, 0.6) is 5.88 Å². The largest absolute Gasteiger partial charge is 0.574 e. The third kappa shape index (κ3) is 4.90. The van der Waals surface area contributed by atoms with Gasteiger partial charge < -0.3 is 25.3 Å². The Hall–Kier alpha value is -4.21. The van der Waals surface area contributed by atoms with Gasteiger partial charge in [-0.1, -0.05) is 24.3 Å². The fourth-order valence-corrected chi connectivity index (χ4v) is 3.87. The molecule has 10 heteroatoms. The van der Waals surface area contributed by atoms with Crippen LogP contribution in [-0.2, 0) is 13.0 Å². The molecule has 0 atom stereocenters. The van der Waals surface area contributed by atoms with Gasteiger partial charge in [-0.3, -0.25) is 0 Å². The number of fused-ring (bicyclic) bond motifs is 2. The number of nitrogens with one attached hydrogen (secondary N) is 4. The number of rotatable bonds is 8. The van der Waals surface area contributed by atoms with Gasteiger partial charge in [-0.15, -0.1) is 13.2 Å². The second-order valence-electron chi connectivity index (χ2n) is 7.72. The monoisotopic (exact) mass is 466 g/mol. The topological polar surface area (TPSA) is 90.6 Å². The molecule has 0 saturated heterocycles. The zero-order valence-corrected chi connectivity index (χ0v) is 17.9. The molecule has 174 valence electrons. The molecule has 0 aliphatic heterocycles. The molecular weight excluding hydrogens is 445 g/mol. The Bertz CT molecular complexity index is 1430. The maximum Gasteiger partial charge on any atom is 0.574 e. The van der Waals surface area contributed by atoms with Crippen molar-refractivity contribution in [3.05, 3.63) is 78.1 Å². The molecule has 5 rings (SSSR count). The zero-order chi connectivity index (χ0) is 23.5. The highest BCUT2D eigenvalue weighted by Gasteiger charge is 2.33. The first-order valence-corrected chi connectivity index (χ1v) is 10.7. The van der Waals surface area contributed by atoms with E-state index in [2.05, 4.69) is 41.4 Å². The summed E-state index contributed by atoms with van der Waals surface area (Å²) in [4.78, 5) is 14.5. The fraction of sp³-hybridized carbons (Fsp3) is 0.167. The van der Waals surface area contributed by atoms with E-state index >= 15 is 0 Å². The second kappa shape index (κ2) is 8.97. The summed E-state index contributed by atoms with van der Waals surface area (Å²) in [6.45, 7) is 0.911. The molecule has 0 radical (unpaired) electrons. The number of hydrogen-bond acceptors (Lipinski definition) is 5. The van der Waals surface area contributed by atoms with Crippen LogP contribution < -0.4 is 15.4 Å². The number of alkyl halides is 3. The fourth-order valence-electron chi connectivity index (χ4n) is 3.87. The van der Waals surface area contributed by atoms with Crippen LogP contribution in [-0.4, -0.2) is 32.8 Å². The molecule has 5 aromatic rings. The van der Waals surface area contributed by atoms with Gasteiger partial charge in [0, 0.05) is 47.5 Å². The van der Waals surface area contributed by atoms with E-state index in [0.29, 0.717) is 41.3 Å². The van der Waals surface area contributed by atoms with Crippen molar-refractivity contribution < 1.29 is 17.9 Å². The van der Waals surface area contributed by atoms with Crippen LogP contribution in [0.1, 0.15) is 11.1 Å². The summed E-state index contributed by atoms with van der Waals surface area (Å²) in [5, 5.41) is 8.16. The molecule has 0 amide bonds. The van der Waals surface area contributed by atoms with Crippen molar-refractivity contribution in [3.63, 3.8) is 0 Å². The molecule has 0 spiro atoms. The third-order valence-corrected chi connectivity index (χ3v) is 5.40. The maximum atomic E-state index is 12.9. The van der Waals surface area contributed by atoms with Gasteiger partial charge in [-0.2, -0.15) is 4.98 Å². The molecular formula is C24H21F3N6O. The number of aromatic amines is 2. The molecule has 0 saturated carbocycles. The quantitative estimate of drug-likeness (QED) is 0.239. The van der Waals surface area contributed by atoms with Crippen LogP contribution >= 0.6 is 0 Å². The smallest absolute Gasteiger partial charge is 0.390 e. The van der Waals surface area contributed by atoms with Crippen LogP contribution in [0.25, 0.3) is 21.8 Å². The van der Waals surface area contributed by atoms with Crippen LogP contribution in [0.15, 0.2) is 67.0 Å². The molecule has 34 heavy (non-hydrogen) atoms. The lowest BCUT2D eigenvalue weighted by Gasteiger charge is -2.11. The van der Waals surface area contributed by atoms with E-state index in [0.717, 1.165) is 16.5 Å². The lowest BCUT2D eigenvalue weighted by atomic mass is 10.1. The van der Waals surface area contributed by atoms with Crippen LogP contribution in [0.4, 0.5) is 24.9 Å². The number of halogens is 3. The van der Waals surface area contributed by atoms with Gasteiger partial charge in [0.15, 0.2) is 0 Å². The highest BCUT2D eigenvalue weighted by atomic mass is 19.4. The third-order valence-electron chi connectivity index (χ3n) is 5.40. The highest BCUT2D eigenvalue weighted by Crippen LogP contribution is 2.32. The lowest BCUT2D eigenvalue weighted by Crippen LogP contribution is -2.18.